The number of Topliss-reactive ketones (excluding diaryl/α,β-unsaturated/α-hetero) is 1. The third-order valence-corrected chi connectivity index (χ3v) is 5.58. The van der Waals surface area contributed by atoms with Crippen LogP contribution in [-0.4, -0.2) is 32.1 Å². The zero-order valence-corrected chi connectivity index (χ0v) is 16.7. The quantitative estimate of drug-likeness (QED) is 0.454. The fourth-order valence-electron chi connectivity index (χ4n) is 3.82. The summed E-state index contributed by atoms with van der Waals surface area (Å²) in [6.45, 7) is 3.90. The van der Waals surface area contributed by atoms with Gasteiger partial charge in [0.1, 0.15) is 11.4 Å². The summed E-state index contributed by atoms with van der Waals surface area (Å²) in [5, 5.41) is 11.6. The third kappa shape index (κ3) is 3.05. The van der Waals surface area contributed by atoms with E-state index in [9.17, 15) is 14.7 Å². The molecule has 0 unspecified atom stereocenters. The van der Waals surface area contributed by atoms with E-state index in [1.54, 1.807) is 0 Å². The Bertz CT molecular complexity index is 1170. The Hall–Kier alpha value is -2.80. The second kappa shape index (κ2) is 6.67. The van der Waals surface area contributed by atoms with Crippen molar-refractivity contribution >= 4 is 34.2 Å². The SMILES string of the molecule is CSc1nc2[nH]c(-c3ccccc3)c(C3=C(O)CC(C)(C)CC3=O)c2c(=O)[nH]1. The minimum atomic E-state index is -0.333. The molecule has 3 aromatic rings. The molecule has 2 heterocycles. The molecule has 0 atom stereocenters. The molecule has 28 heavy (non-hydrogen) atoms. The van der Waals surface area contributed by atoms with E-state index in [1.807, 2.05) is 50.4 Å². The van der Waals surface area contributed by atoms with E-state index in [2.05, 4.69) is 15.0 Å². The number of thioether (sulfide) groups is 1. The van der Waals surface area contributed by atoms with Crippen LogP contribution in [0, 0.1) is 5.41 Å². The summed E-state index contributed by atoms with van der Waals surface area (Å²) in [5.41, 5.74) is 1.83. The Balaban J connectivity index is 2.09. The monoisotopic (exact) mass is 395 g/mol. The number of aliphatic hydroxyl groups is 1. The van der Waals surface area contributed by atoms with E-state index in [0.717, 1.165) is 5.56 Å². The first kappa shape index (κ1) is 18.6. The number of aromatic nitrogens is 3. The van der Waals surface area contributed by atoms with Crippen molar-refractivity contribution in [2.45, 2.75) is 31.8 Å². The highest BCUT2D eigenvalue weighted by Gasteiger charge is 2.36. The highest BCUT2D eigenvalue weighted by atomic mass is 32.2. The number of allylic oxidation sites excluding steroid dienone is 2. The molecule has 0 fully saturated rings. The molecule has 1 aromatic carbocycles. The number of aliphatic hydroxyl groups excluding tert-OH is 1. The molecular weight excluding hydrogens is 374 g/mol. The van der Waals surface area contributed by atoms with Crippen molar-refractivity contribution in [2.24, 2.45) is 5.41 Å². The number of nitrogens with zero attached hydrogens (tertiary/aromatic N) is 1. The maximum absolute atomic E-state index is 13.0. The Morgan fingerprint density at radius 3 is 2.46 bits per heavy atom. The Kier molecular flexibility index (Phi) is 4.42. The van der Waals surface area contributed by atoms with Gasteiger partial charge in [-0.25, -0.2) is 4.98 Å². The zero-order valence-electron chi connectivity index (χ0n) is 15.9. The lowest BCUT2D eigenvalue weighted by atomic mass is 9.74. The number of aromatic amines is 2. The molecule has 0 saturated heterocycles. The predicted octanol–water partition coefficient (Wildman–Crippen LogP) is 4.30. The topological polar surface area (TPSA) is 98.8 Å². The van der Waals surface area contributed by atoms with E-state index >= 15 is 0 Å². The third-order valence-electron chi connectivity index (χ3n) is 5.00. The van der Waals surface area contributed by atoms with Crippen molar-refractivity contribution < 1.29 is 9.90 Å². The first-order valence-electron chi connectivity index (χ1n) is 9.02. The van der Waals surface area contributed by atoms with Crippen LogP contribution in [-0.2, 0) is 4.79 Å². The summed E-state index contributed by atoms with van der Waals surface area (Å²) >= 11 is 1.33. The lowest BCUT2D eigenvalue weighted by Gasteiger charge is -2.29. The van der Waals surface area contributed by atoms with Gasteiger partial charge in [0.15, 0.2) is 10.9 Å². The summed E-state index contributed by atoms with van der Waals surface area (Å²) < 4.78 is 0. The van der Waals surface area contributed by atoms with Crippen molar-refractivity contribution in [2.75, 3.05) is 6.26 Å². The fourth-order valence-corrected chi connectivity index (χ4v) is 4.20. The highest BCUT2D eigenvalue weighted by Crippen LogP contribution is 2.43. The van der Waals surface area contributed by atoms with Crippen LogP contribution >= 0.6 is 11.8 Å². The summed E-state index contributed by atoms with van der Waals surface area (Å²) in [7, 11) is 0. The van der Waals surface area contributed by atoms with Crippen LogP contribution in [0.2, 0.25) is 0 Å². The fraction of sp³-hybridized carbons (Fsp3) is 0.286. The minimum Gasteiger partial charge on any atom is -0.512 e. The normalized spacial score (nSPS) is 16.8. The summed E-state index contributed by atoms with van der Waals surface area (Å²) in [5.74, 6) is -0.146. The molecule has 144 valence electrons. The molecule has 0 spiro atoms. The number of H-pyrrole nitrogens is 2. The average Bonchev–Trinajstić information content (AvgIpc) is 3.00. The van der Waals surface area contributed by atoms with E-state index < -0.39 is 0 Å². The van der Waals surface area contributed by atoms with Gasteiger partial charge in [-0.3, -0.25) is 9.59 Å². The van der Waals surface area contributed by atoms with Gasteiger partial charge in [-0.05, 0) is 17.2 Å². The molecule has 0 bridgehead atoms. The summed E-state index contributed by atoms with van der Waals surface area (Å²) in [6.07, 6.45) is 2.51. The number of rotatable bonds is 3. The molecular formula is C21H21N3O3S. The van der Waals surface area contributed by atoms with Gasteiger partial charge < -0.3 is 15.1 Å². The molecule has 3 N–H and O–H groups in total. The molecule has 0 saturated carbocycles. The van der Waals surface area contributed by atoms with Crippen molar-refractivity contribution in [3.63, 3.8) is 0 Å². The maximum Gasteiger partial charge on any atom is 0.261 e. The number of carbonyl (C=O) groups is 1. The Morgan fingerprint density at radius 1 is 1.11 bits per heavy atom. The van der Waals surface area contributed by atoms with Crippen molar-refractivity contribution in [3.05, 3.63) is 52.0 Å². The molecule has 2 aromatic heterocycles. The second-order valence-electron chi connectivity index (χ2n) is 7.80. The van der Waals surface area contributed by atoms with Crippen molar-refractivity contribution in [3.8, 4) is 11.3 Å². The van der Waals surface area contributed by atoms with Gasteiger partial charge in [0.05, 0.1) is 16.7 Å². The summed E-state index contributed by atoms with van der Waals surface area (Å²) in [6, 6.07) is 9.46. The van der Waals surface area contributed by atoms with Gasteiger partial charge in [-0.2, -0.15) is 0 Å². The van der Waals surface area contributed by atoms with Crippen molar-refractivity contribution in [1.82, 2.24) is 15.0 Å². The van der Waals surface area contributed by atoms with Crippen LogP contribution in [0.3, 0.4) is 0 Å². The lowest BCUT2D eigenvalue weighted by Crippen LogP contribution is -2.25. The van der Waals surface area contributed by atoms with Crippen molar-refractivity contribution in [1.29, 1.82) is 0 Å². The van der Waals surface area contributed by atoms with Gasteiger partial charge in [-0.15, -0.1) is 0 Å². The van der Waals surface area contributed by atoms with Gasteiger partial charge in [0.2, 0.25) is 0 Å². The molecule has 7 heteroatoms. The molecule has 1 aliphatic rings. The predicted molar refractivity (Wildman–Crippen MR) is 112 cm³/mol. The van der Waals surface area contributed by atoms with Gasteiger partial charge >= 0.3 is 0 Å². The zero-order chi connectivity index (χ0) is 20.1. The first-order chi connectivity index (χ1) is 13.3. The van der Waals surface area contributed by atoms with Gasteiger partial charge in [0, 0.05) is 18.4 Å². The Labute approximate surface area is 166 Å². The second-order valence-corrected chi connectivity index (χ2v) is 8.60. The van der Waals surface area contributed by atoms with Gasteiger partial charge in [0.25, 0.3) is 5.56 Å². The van der Waals surface area contributed by atoms with E-state index in [1.165, 1.54) is 11.8 Å². The number of carbonyl (C=O) groups excluding carboxylic acids is 1. The smallest absolute Gasteiger partial charge is 0.261 e. The van der Waals surface area contributed by atoms with Crippen LogP contribution in [0.5, 0.6) is 0 Å². The number of nitrogens with one attached hydrogen (secondary N) is 2. The van der Waals surface area contributed by atoms with Crippen LogP contribution < -0.4 is 5.56 Å². The van der Waals surface area contributed by atoms with Crippen LogP contribution in [0.15, 0.2) is 46.0 Å². The van der Waals surface area contributed by atoms with E-state index in [-0.39, 0.29) is 28.1 Å². The number of benzene rings is 1. The Morgan fingerprint density at radius 2 is 1.82 bits per heavy atom. The molecule has 6 nitrogen and oxygen atoms in total. The van der Waals surface area contributed by atoms with E-state index in [4.69, 9.17) is 0 Å². The minimum absolute atomic E-state index is 0.0210. The average molecular weight is 395 g/mol. The molecule has 0 amide bonds. The van der Waals surface area contributed by atoms with Crippen LogP contribution in [0.4, 0.5) is 0 Å². The first-order valence-corrected chi connectivity index (χ1v) is 10.2. The number of hydrogen-bond acceptors (Lipinski definition) is 5. The van der Waals surface area contributed by atoms with Gasteiger partial charge in [-0.1, -0.05) is 55.9 Å². The number of fused-ring (bicyclic) bond motifs is 1. The largest absolute Gasteiger partial charge is 0.512 e. The maximum atomic E-state index is 13.0. The van der Waals surface area contributed by atoms with Crippen LogP contribution in [0.1, 0.15) is 32.3 Å². The molecule has 0 aliphatic heterocycles. The molecule has 4 rings (SSSR count). The molecule has 0 radical (unpaired) electrons. The molecule has 1 aliphatic carbocycles. The lowest BCUT2D eigenvalue weighted by molar-refractivity contribution is -0.116. The number of hydrogen-bond donors (Lipinski definition) is 3. The summed E-state index contributed by atoms with van der Waals surface area (Å²) in [4.78, 5) is 36.3. The number of ketones is 1. The van der Waals surface area contributed by atoms with Crippen LogP contribution in [0.25, 0.3) is 27.9 Å². The van der Waals surface area contributed by atoms with E-state index in [0.29, 0.717) is 40.3 Å². The standard InChI is InChI=1S/C21H21N3O3S/c1-21(2)9-12(25)14(13(26)10-21)15-16-18(23-20(28-3)24-19(16)27)22-17(15)11-7-5-4-6-8-11/h4-8,25H,9-10H2,1-3H3,(H2,22,23,24,27). The highest BCUT2D eigenvalue weighted by molar-refractivity contribution is 7.98.